The number of aromatic nitrogens is 3. The van der Waals surface area contributed by atoms with Crippen LogP contribution in [0.1, 0.15) is 18.1 Å². The molecule has 0 unspecified atom stereocenters. The lowest BCUT2D eigenvalue weighted by Crippen LogP contribution is -2.08. The zero-order chi connectivity index (χ0) is 16.9. The zero-order valence-electron chi connectivity index (χ0n) is 13.7. The Kier molecular flexibility index (Phi) is 4.56. The number of aryl methyl sites for hydroxylation is 2. The first-order valence-corrected chi connectivity index (χ1v) is 7.85. The van der Waals surface area contributed by atoms with Crippen LogP contribution in [0, 0.1) is 6.92 Å². The Hall–Kier alpha value is -3.15. The Morgan fingerprint density at radius 2 is 1.58 bits per heavy atom. The highest BCUT2D eigenvalue weighted by molar-refractivity contribution is 5.64. The van der Waals surface area contributed by atoms with Crippen molar-refractivity contribution in [1.29, 1.82) is 0 Å². The van der Waals surface area contributed by atoms with Gasteiger partial charge in [0.15, 0.2) is 0 Å². The smallest absolute Gasteiger partial charge is 0.233 e. The molecule has 6 nitrogen and oxygen atoms in total. The number of benzene rings is 2. The Balaban J connectivity index is 1.90. The summed E-state index contributed by atoms with van der Waals surface area (Å²) in [5.74, 6) is 0.991. The van der Waals surface area contributed by atoms with Crippen LogP contribution >= 0.6 is 0 Å². The van der Waals surface area contributed by atoms with E-state index in [0.717, 1.165) is 23.4 Å². The molecule has 1 heterocycles. The van der Waals surface area contributed by atoms with Gasteiger partial charge in [-0.1, -0.05) is 43.3 Å². The number of nitrogen functional groups attached to an aromatic ring is 1. The summed E-state index contributed by atoms with van der Waals surface area (Å²) in [5.41, 5.74) is 10.1. The number of nitrogens with one attached hydrogen (secondary N) is 2. The molecule has 6 heteroatoms. The van der Waals surface area contributed by atoms with Gasteiger partial charge in [-0.3, -0.25) is 0 Å². The maximum atomic E-state index is 5.83. The van der Waals surface area contributed by atoms with Gasteiger partial charge in [0.25, 0.3) is 0 Å². The van der Waals surface area contributed by atoms with Crippen LogP contribution in [0.15, 0.2) is 48.5 Å². The molecule has 122 valence electrons. The molecule has 3 rings (SSSR count). The van der Waals surface area contributed by atoms with Crippen LogP contribution in [0.3, 0.4) is 0 Å². The van der Waals surface area contributed by atoms with Crippen molar-refractivity contribution in [1.82, 2.24) is 15.0 Å². The van der Waals surface area contributed by atoms with E-state index in [9.17, 15) is 0 Å². The Labute approximate surface area is 141 Å². The van der Waals surface area contributed by atoms with Crippen molar-refractivity contribution in [2.24, 2.45) is 0 Å². The second-order valence-corrected chi connectivity index (χ2v) is 5.42. The summed E-state index contributed by atoms with van der Waals surface area (Å²) in [6.45, 7) is 4.17. The monoisotopic (exact) mass is 320 g/mol. The molecule has 1 aromatic heterocycles. The van der Waals surface area contributed by atoms with Crippen molar-refractivity contribution in [2.45, 2.75) is 20.3 Å². The SMILES string of the molecule is CCc1cccc(C)c1Nc1nc(N)nc(Nc2ccccc2)n1. The Bertz CT molecular complexity index is 832. The predicted octanol–water partition coefficient (Wildman–Crippen LogP) is 3.81. The van der Waals surface area contributed by atoms with Gasteiger partial charge in [0.1, 0.15) is 0 Å². The molecular formula is C18H20N6. The minimum Gasteiger partial charge on any atom is -0.368 e. The highest BCUT2D eigenvalue weighted by Crippen LogP contribution is 2.24. The van der Waals surface area contributed by atoms with Crippen molar-refractivity contribution >= 4 is 29.2 Å². The van der Waals surface area contributed by atoms with Gasteiger partial charge in [0.2, 0.25) is 17.8 Å². The van der Waals surface area contributed by atoms with E-state index >= 15 is 0 Å². The molecule has 0 radical (unpaired) electrons. The van der Waals surface area contributed by atoms with Crippen molar-refractivity contribution in [3.05, 3.63) is 59.7 Å². The lowest BCUT2D eigenvalue weighted by atomic mass is 10.1. The highest BCUT2D eigenvalue weighted by atomic mass is 15.2. The number of hydrogen-bond acceptors (Lipinski definition) is 6. The quantitative estimate of drug-likeness (QED) is 0.662. The first kappa shape index (κ1) is 15.7. The lowest BCUT2D eigenvalue weighted by molar-refractivity contribution is 1.06. The average Bonchev–Trinajstić information content (AvgIpc) is 2.57. The van der Waals surface area contributed by atoms with E-state index in [-0.39, 0.29) is 5.95 Å². The highest BCUT2D eigenvalue weighted by Gasteiger charge is 2.09. The van der Waals surface area contributed by atoms with Crippen LogP contribution in [-0.2, 0) is 6.42 Å². The molecule has 0 aliphatic rings. The number of rotatable bonds is 5. The van der Waals surface area contributed by atoms with Gasteiger partial charge in [-0.15, -0.1) is 0 Å². The van der Waals surface area contributed by atoms with Crippen molar-refractivity contribution in [2.75, 3.05) is 16.4 Å². The van der Waals surface area contributed by atoms with Gasteiger partial charge in [0.05, 0.1) is 0 Å². The Morgan fingerprint density at radius 1 is 0.875 bits per heavy atom. The third-order valence-electron chi connectivity index (χ3n) is 3.66. The summed E-state index contributed by atoms with van der Waals surface area (Å²) < 4.78 is 0. The second kappa shape index (κ2) is 6.95. The second-order valence-electron chi connectivity index (χ2n) is 5.42. The van der Waals surface area contributed by atoms with Gasteiger partial charge in [-0.25, -0.2) is 0 Å². The van der Waals surface area contributed by atoms with E-state index in [1.165, 1.54) is 5.56 Å². The molecular weight excluding hydrogens is 300 g/mol. The summed E-state index contributed by atoms with van der Waals surface area (Å²) >= 11 is 0. The van der Waals surface area contributed by atoms with E-state index < -0.39 is 0 Å². The van der Waals surface area contributed by atoms with E-state index in [2.05, 4.69) is 51.6 Å². The third kappa shape index (κ3) is 3.60. The summed E-state index contributed by atoms with van der Waals surface area (Å²) in [5, 5.41) is 6.41. The summed E-state index contributed by atoms with van der Waals surface area (Å²) in [6, 6.07) is 15.9. The van der Waals surface area contributed by atoms with Crippen molar-refractivity contribution in [3.63, 3.8) is 0 Å². The number of nitrogens with zero attached hydrogens (tertiary/aromatic N) is 3. The molecule has 0 saturated carbocycles. The van der Waals surface area contributed by atoms with Crippen LogP contribution in [0.2, 0.25) is 0 Å². The van der Waals surface area contributed by atoms with E-state index in [0.29, 0.717) is 11.9 Å². The zero-order valence-corrected chi connectivity index (χ0v) is 13.7. The Morgan fingerprint density at radius 3 is 2.29 bits per heavy atom. The van der Waals surface area contributed by atoms with Gasteiger partial charge in [0, 0.05) is 11.4 Å². The number of para-hydroxylation sites is 2. The number of nitrogens with two attached hydrogens (primary N) is 1. The summed E-state index contributed by atoms with van der Waals surface area (Å²) in [4.78, 5) is 12.7. The largest absolute Gasteiger partial charge is 0.368 e. The van der Waals surface area contributed by atoms with E-state index in [4.69, 9.17) is 5.73 Å². The van der Waals surface area contributed by atoms with Crippen LogP contribution in [0.25, 0.3) is 0 Å². The minimum absolute atomic E-state index is 0.164. The molecule has 3 aromatic rings. The third-order valence-corrected chi connectivity index (χ3v) is 3.66. The van der Waals surface area contributed by atoms with Crippen molar-refractivity contribution < 1.29 is 0 Å². The van der Waals surface area contributed by atoms with Gasteiger partial charge < -0.3 is 16.4 Å². The van der Waals surface area contributed by atoms with E-state index in [1.54, 1.807) is 0 Å². The van der Waals surface area contributed by atoms with Gasteiger partial charge in [-0.2, -0.15) is 15.0 Å². The molecule has 0 fully saturated rings. The van der Waals surface area contributed by atoms with Gasteiger partial charge in [-0.05, 0) is 36.6 Å². The molecule has 0 atom stereocenters. The normalized spacial score (nSPS) is 10.4. The fourth-order valence-corrected chi connectivity index (χ4v) is 2.47. The molecule has 24 heavy (non-hydrogen) atoms. The molecule has 0 aliphatic heterocycles. The first-order chi connectivity index (χ1) is 11.7. The molecule has 0 aliphatic carbocycles. The van der Waals surface area contributed by atoms with Crippen LogP contribution < -0.4 is 16.4 Å². The molecule has 0 bridgehead atoms. The van der Waals surface area contributed by atoms with E-state index in [1.807, 2.05) is 36.4 Å². The van der Waals surface area contributed by atoms with Gasteiger partial charge >= 0.3 is 0 Å². The van der Waals surface area contributed by atoms with Crippen molar-refractivity contribution in [3.8, 4) is 0 Å². The molecule has 0 saturated heterocycles. The lowest BCUT2D eigenvalue weighted by Gasteiger charge is -2.13. The number of hydrogen-bond donors (Lipinski definition) is 3. The molecule has 2 aromatic carbocycles. The summed E-state index contributed by atoms with van der Waals surface area (Å²) in [7, 11) is 0. The predicted molar refractivity (Wildman–Crippen MR) is 97.8 cm³/mol. The fraction of sp³-hybridized carbons (Fsp3) is 0.167. The topological polar surface area (TPSA) is 88.8 Å². The fourth-order valence-electron chi connectivity index (χ4n) is 2.47. The maximum absolute atomic E-state index is 5.83. The summed E-state index contributed by atoms with van der Waals surface area (Å²) in [6.07, 6.45) is 0.916. The van der Waals surface area contributed by atoms with Crippen LogP contribution in [-0.4, -0.2) is 15.0 Å². The van der Waals surface area contributed by atoms with Crippen LogP contribution in [0.4, 0.5) is 29.2 Å². The molecule has 4 N–H and O–H groups in total. The number of anilines is 5. The average molecular weight is 320 g/mol. The maximum Gasteiger partial charge on any atom is 0.233 e. The molecule has 0 amide bonds. The van der Waals surface area contributed by atoms with Crippen LogP contribution in [0.5, 0.6) is 0 Å². The standard InChI is InChI=1S/C18H20N6/c1-3-13-9-7-8-12(2)15(13)21-18-23-16(19)22-17(24-18)20-14-10-5-4-6-11-14/h4-11H,3H2,1-2H3,(H4,19,20,21,22,23,24). The minimum atomic E-state index is 0.164. The molecule has 0 spiro atoms. The first-order valence-electron chi connectivity index (χ1n) is 7.85.